The van der Waals surface area contributed by atoms with Gasteiger partial charge in [-0.05, 0) is 56.6 Å². The van der Waals surface area contributed by atoms with Gasteiger partial charge in [0.25, 0.3) is 5.91 Å². The fourth-order valence-electron chi connectivity index (χ4n) is 5.15. The number of fused-ring (bicyclic) bond motifs is 1. The van der Waals surface area contributed by atoms with Crippen LogP contribution in [0.5, 0.6) is 0 Å². The maximum absolute atomic E-state index is 14.0. The minimum Gasteiger partial charge on any atom is -0.356 e. The van der Waals surface area contributed by atoms with Crippen molar-refractivity contribution >= 4 is 41.8 Å². The molecule has 0 aromatic heterocycles. The Bertz CT molecular complexity index is 1120. The molecule has 5 amide bonds. The Hall–Kier alpha value is -3.22. The second kappa shape index (κ2) is 16.4. The van der Waals surface area contributed by atoms with E-state index in [-0.39, 0.29) is 41.9 Å². The second-order valence-corrected chi connectivity index (χ2v) is 12.5. The number of urea groups is 1. The smallest absolute Gasteiger partial charge is 0.315 e. The summed E-state index contributed by atoms with van der Waals surface area (Å²) >= 11 is 1.86. The van der Waals surface area contributed by atoms with Crippen molar-refractivity contribution in [2.24, 2.45) is 5.92 Å². The average Bonchev–Trinajstić information content (AvgIpc) is 3.48. The van der Waals surface area contributed by atoms with Crippen LogP contribution in [0.25, 0.3) is 0 Å². The first-order valence-electron chi connectivity index (χ1n) is 14.5. The van der Waals surface area contributed by atoms with E-state index in [0.29, 0.717) is 49.8 Å². The van der Waals surface area contributed by atoms with Gasteiger partial charge in [-0.3, -0.25) is 14.4 Å². The zero-order chi connectivity index (χ0) is 30.6. The van der Waals surface area contributed by atoms with Gasteiger partial charge in [-0.15, -0.1) is 0 Å². The molecule has 2 fully saturated rings. The second-order valence-electron chi connectivity index (χ2n) is 11.2. The number of hydrogen-bond donors (Lipinski definition) is 5. The molecule has 0 spiro atoms. The highest BCUT2D eigenvalue weighted by molar-refractivity contribution is 8.00. The van der Waals surface area contributed by atoms with Crippen LogP contribution in [-0.4, -0.2) is 71.8 Å². The highest BCUT2D eigenvalue weighted by Gasteiger charge is 2.42. The van der Waals surface area contributed by atoms with Gasteiger partial charge in [0.05, 0.1) is 23.7 Å². The van der Waals surface area contributed by atoms with Crippen LogP contribution in [0.4, 0.5) is 13.6 Å². The third-order valence-corrected chi connectivity index (χ3v) is 8.85. The van der Waals surface area contributed by atoms with E-state index in [2.05, 4.69) is 26.6 Å². The lowest BCUT2D eigenvalue weighted by Gasteiger charge is -2.22. The summed E-state index contributed by atoms with van der Waals surface area (Å²) in [5, 5.41) is 14.3. The quantitative estimate of drug-likeness (QED) is 0.104. The molecule has 0 aliphatic carbocycles. The van der Waals surface area contributed by atoms with Crippen LogP contribution in [0.1, 0.15) is 75.6 Å². The summed E-state index contributed by atoms with van der Waals surface area (Å²) in [5.74, 6) is -2.38. The first-order chi connectivity index (χ1) is 20.1. The van der Waals surface area contributed by atoms with Crippen molar-refractivity contribution in [1.29, 1.82) is 0 Å². The lowest BCUT2D eigenvalue weighted by Crippen LogP contribution is -2.50. The highest BCUT2D eigenvalue weighted by atomic mass is 32.2. The van der Waals surface area contributed by atoms with Gasteiger partial charge < -0.3 is 31.4 Å². The number of aldehydes is 1. The summed E-state index contributed by atoms with van der Waals surface area (Å²) in [6.45, 7) is 4.16. The number of carbonyl (C=O) groups is 5. The van der Waals surface area contributed by atoms with Gasteiger partial charge in [-0.2, -0.15) is 11.8 Å². The number of thioether (sulfide) groups is 1. The molecule has 1 aromatic rings. The predicted molar refractivity (Wildman–Crippen MR) is 156 cm³/mol. The van der Waals surface area contributed by atoms with Crippen LogP contribution in [0, 0.1) is 17.6 Å². The van der Waals surface area contributed by atoms with Crippen LogP contribution in [0.15, 0.2) is 18.2 Å². The molecule has 1 aromatic carbocycles. The first kappa shape index (κ1) is 33.3. The topological polar surface area (TPSA) is 146 Å². The highest BCUT2D eigenvalue weighted by Crippen LogP contribution is 2.33. The number of hydrogen-bond acceptors (Lipinski definition) is 6. The average molecular weight is 610 g/mol. The molecule has 2 aliphatic heterocycles. The fourth-order valence-corrected chi connectivity index (χ4v) is 6.69. The number of amides is 5. The van der Waals surface area contributed by atoms with Crippen molar-refractivity contribution in [2.45, 2.75) is 94.6 Å². The molecule has 5 N–H and O–H groups in total. The molecule has 2 saturated heterocycles. The largest absolute Gasteiger partial charge is 0.356 e. The Morgan fingerprint density at radius 2 is 1.88 bits per heavy atom. The van der Waals surface area contributed by atoms with Crippen LogP contribution in [0.3, 0.4) is 0 Å². The Morgan fingerprint density at radius 3 is 2.60 bits per heavy atom. The molecule has 5 atom stereocenters. The molecule has 0 saturated carbocycles. The standard InChI is InChI=1S/C29H41F2N5O5S/c1-17(2)13-22(34-27(39)20-11-10-18(30)14-21(20)31)28(40)33-19(15-37)7-5-6-12-32-25(38)9-4-3-8-24-26-23(16-42-24)35-29(41)36-26/h10-11,14-15,17,19,22-24,26H,3-9,12-13,16H2,1-2H3,(H,32,38)(H,33,40)(H,34,39)(H2,35,36,41)/t19-,22-,23-,24-,26-/m0/s1. The molecule has 232 valence electrons. The zero-order valence-corrected chi connectivity index (χ0v) is 24.9. The molecule has 13 heteroatoms. The first-order valence-corrected chi connectivity index (χ1v) is 15.6. The van der Waals surface area contributed by atoms with E-state index < -0.39 is 35.5 Å². The van der Waals surface area contributed by atoms with Gasteiger partial charge >= 0.3 is 6.03 Å². The van der Waals surface area contributed by atoms with Gasteiger partial charge in [-0.1, -0.05) is 20.3 Å². The van der Waals surface area contributed by atoms with Crippen molar-refractivity contribution in [3.05, 3.63) is 35.4 Å². The van der Waals surface area contributed by atoms with Crippen LogP contribution in [0.2, 0.25) is 0 Å². The summed E-state index contributed by atoms with van der Waals surface area (Å²) in [4.78, 5) is 60.7. The molecule has 42 heavy (non-hydrogen) atoms. The minimum atomic E-state index is -1.03. The number of benzene rings is 1. The van der Waals surface area contributed by atoms with Crippen molar-refractivity contribution < 1.29 is 32.8 Å². The molecule has 0 bridgehead atoms. The maximum Gasteiger partial charge on any atom is 0.315 e. The molecule has 0 unspecified atom stereocenters. The van der Waals surface area contributed by atoms with E-state index in [0.717, 1.165) is 37.1 Å². The van der Waals surface area contributed by atoms with Crippen LogP contribution < -0.4 is 26.6 Å². The number of nitrogens with one attached hydrogen (secondary N) is 5. The maximum atomic E-state index is 14.0. The molecule has 2 aliphatic rings. The van der Waals surface area contributed by atoms with E-state index in [4.69, 9.17) is 0 Å². The van der Waals surface area contributed by atoms with Crippen molar-refractivity contribution in [3.8, 4) is 0 Å². The van der Waals surface area contributed by atoms with E-state index in [1.54, 1.807) is 0 Å². The van der Waals surface area contributed by atoms with Gasteiger partial charge in [0.2, 0.25) is 11.8 Å². The van der Waals surface area contributed by atoms with E-state index >= 15 is 0 Å². The summed E-state index contributed by atoms with van der Waals surface area (Å²) in [6, 6.07) is 1.04. The summed E-state index contributed by atoms with van der Waals surface area (Å²) in [6.07, 6.45) is 5.48. The lowest BCUT2D eigenvalue weighted by molar-refractivity contribution is -0.126. The number of carbonyl (C=O) groups excluding carboxylic acids is 5. The van der Waals surface area contributed by atoms with Crippen molar-refractivity contribution in [1.82, 2.24) is 26.6 Å². The number of unbranched alkanes of at least 4 members (excludes halogenated alkanes) is 2. The molecular formula is C29H41F2N5O5S. The van der Waals surface area contributed by atoms with Gasteiger partial charge in [0, 0.05) is 30.0 Å². The number of rotatable bonds is 17. The molecule has 10 nitrogen and oxygen atoms in total. The SMILES string of the molecule is CC(C)C[C@H](NC(=O)c1ccc(F)cc1F)C(=O)N[C@H](C=O)CCCCNC(=O)CCCC[C@@H]1SC[C@@H]2NC(=O)N[C@@H]21. The van der Waals surface area contributed by atoms with Gasteiger partial charge in [0.15, 0.2) is 0 Å². The third kappa shape index (κ3) is 10.2. The van der Waals surface area contributed by atoms with E-state index in [1.165, 1.54) is 0 Å². The Kier molecular flexibility index (Phi) is 13.0. The van der Waals surface area contributed by atoms with Crippen molar-refractivity contribution in [3.63, 3.8) is 0 Å². The molecule has 2 heterocycles. The predicted octanol–water partition coefficient (Wildman–Crippen LogP) is 2.81. The molecule has 3 rings (SSSR count). The van der Waals surface area contributed by atoms with E-state index in [9.17, 15) is 32.8 Å². The summed E-state index contributed by atoms with van der Waals surface area (Å²) < 4.78 is 27.2. The zero-order valence-electron chi connectivity index (χ0n) is 24.0. The number of halogens is 2. The lowest BCUT2D eigenvalue weighted by atomic mass is 10.0. The normalized spacial score (nSPS) is 20.7. The Morgan fingerprint density at radius 1 is 1.10 bits per heavy atom. The van der Waals surface area contributed by atoms with Crippen molar-refractivity contribution in [2.75, 3.05) is 12.3 Å². The summed E-state index contributed by atoms with van der Waals surface area (Å²) in [5.41, 5.74) is -0.380. The third-order valence-electron chi connectivity index (χ3n) is 7.34. The molecular weight excluding hydrogens is 568 g/mol. The fraction of sp³-hybridized carbons (Fsp3) is 0.621. The monoisotopic (exact) mass is 609 g/mol. The van der Waals surface area contributed by atoms with Gasteiger partial charge in [0.1, 0.15) is 24.0 Å². The molecule has 0 radical (unpaired) electrons. The Balaban J connectivity index is 1.32. The van der Waals surface area contributed by atoms with Crippen LogP contribution >= 0.6 is 11.8 Å². The minimum absolute atomic E-state index is 0.0126. The summed E-state index contributed by atoms with van der Waals surface area (Å²) in [7, 11) is 0. The van der Waals surface area contributed by atoms with Gasteiger partial charge in [-0.25, -0.2) is 13.6 Å². The van der Waals surface area contributed by atoms with E-state index in [1.807, 2.05) is 25.6 Å². The van der Waals surface area contributed by atoms with Crippen LogP contribution in [-0.2, 0) is 14.4 Å². The Labute approximate surface area is 249 Å².